The Labute approximate surface area is 111 Å². The van der Waals surface area contributed by atoms with E-state index in [0.29, 0.717) is 10.8 Å². The number of hydrogen-bond acceptors (Lipinski definition) is 4. The molecule has 3 N–H and O–H groups in total. The SMILES string of the molecule is CCCC1CN=C(Nc2cccc(C(N)=O)c2)S1. The Balaban J connectivity index is 1.98. The van der Waals surface area contributed by atoms with Gasteiger partial charge in [-0.1, -0.05) is 31.2 Å². The van der Waals surface area contributed by atoms with E-state index in [-0.39, 0.29) is 0 Å². The van der Waals surface area contributed by atoms with E-state index in [0.717, 1.165) is 17.4 Å². The zero-order valence-electron chi connectivity index (χ0n) is 10.3. The van der Waals surface area contributed by atoms with Crippen LogP contribution in [0.4, 0.5) is 5.69 Å². The highest BCUT2D eigenvalue weighted by Gasteiger charge is 2.18. The minimum atomic E-state index is -0.413. The topological polar surface area (TPSA) is 67.5 Å². The van der Waals surface area contributed by atoms with Crippen molar-refractivity contribution in [1.82, 2.24) is 0 Å². The molecule has 1 aromatic carbocycles. The number of nitrogens with zero attached hydrogens (tertiary/aromatic N) is 1. The first-order valence-corrected chi connectivity index (χ1v) is 6.95. The molecule has 0 radical (unpaired) electrons. The van der Waals surface area contributed by atoms with Crippen molar-refractivity contribution in [1.29, 1.82) is 0 Å². The summed E-state index contributed by atoms with van der Waals surface area (Å²) in [6.45, 7) is 3.05. The number of carbonyl (C=O) groups excluding carboxylic acids is 1. The molecule has 1 unspecified atom stereocenters. The summed E-state index contributed by atoms with van der Waals surface area (Å²) in [6, 6.07) is 7.17. The number of aliphatic imine (C=N–C) groups is 1. The predicted octanol–water partition coefficient (Wildman–Crippen LogP) is 2.47. The van der Waals surface area contributed by atoms with E-state index >= 15 is 0 Å². The first kappa shape index (κ1) is 13.0. The molecule has 1 atom stereocenters. The minimum Gasteiger partial charge on any atom is -0.366 e. The molecule has 2 rings (SSSR count). The Morgan fingerprint density at radius 2 is 2.44 bits per heavy atom. The lowest BCUT2D eigenvalue weighted by Gasteiger charge is -2.08. The van der Waals surface area contributed by atoms with Crippen molar-refractivity contribution >= 4 is 28.5 Å². The van der Waals surface area contributed by atoms with E-state index in [4.69, 9.17) is 5.73 Å². The van der Waals surface area contributed by atoms with Crippen LogP contribution in [0.25, 0.3) is 0 Å². The van der Waals surface area contributed by atoms with E-state index in [9.17, 15) is 4.79 Å². The normalized spacial score (nSPS) is 18.5. The van der Waals surface area contributed by atoms with Gasteiger partial charge >= 0.3 is 0 Å². The van der Waals surface area contributed by atoms with Gasteiger partial charge in [0.1, 0.15) is 0 Å². The van der Waals surface area contributed by atoms with E-state index in [1.54, 1.807) is 23.9 Å². The molecule has 96 valence electrons. The monoisotopic (exact) mass is 263 g/mol. The molecule has 4 nitrogen and oxygen atoms in total. The standard InChI is InChI=1S/C13H17N3OS/c1-2-4-11-8-15-13(18-11)16-10-6-3-5-9(7-10)12(14)17/h3,5-7,11H,2,4,8H2,1H3,(H2,14,17)(H,15,16). The molecule has 5 heteroatoms. The van der Waals surface area contributed by atoms with Gasteiger partial charge in [-0.15, -0.1) is 0 Å². The lowest BCUT2D eigenvalue weighted by molar-refractivity contribution is 0.100. The average molecular weight is 263 g/mol. The summed E-state index contributed by atoms with van der Waals surface area (Å²) in [5.74, 6) is -0.413. The fraction of sp³-hybridized carbons (Fsp3) is 0.385. The second-order valence-corrected chi connectivity index (χ2v) is 5.53. The zero-order chi connectivity index (χ0) is 13.0. The van der Waals surface area contributed by atoms with E-state index in [2.05, 4.69) is 17.2 Å². The molecular weight excluding hydrogens is 246 g/mol. The number of amidine groups is 1. The Morgan fingerprint density at radius 1 is 1.61 bits per heavy atom. The Hall–Kier alpha value is -1.49. The molecule has 1 aliphatic heterocycles. The summed E-state index contributed by atoms with van der Waals surface area (Å²) >= 11 is 1.77. The largest absolute Gasteiger partial charge is 0.366 e. The lowest BCUT2D eigenvalue weighted by Crippen LogP contribution is -2.12. The van der Waals surface area contributed by atoms with Gasteiger partial charge in [-0.3, -0.25) is 9.79 Å². The van der Waals surface area contributed by atoms with Crippen molar-refractivity contribution in [3.63, 3.8) is 0 Å². The number of nitrogens with two attached hydrogens (primary N) is 1. The smallest absolute Gasteiger partial charge is 0.248 e. The number of carbonyl (C=O) groups is 1. The quantitative estimate of drug-likeness (QED) is 0.877. The highest BCUT2D eigenvalue weighted by molar-refractivity contribution is 8.15. The van der Waals surface area contributed by atoms with Crippen molar-refractivity contribution in [3.05, 3.63) is 29.8 Å². The van der Waals surface area contributed by atoms with Crippen molar-refractivity contribution < 1.29 is 4.79 Å². The van der Waals surface area contributed by atoms with Crippen LogP contribution in [0.3, 0.4) is 0 Å². The average Bonchev–Trinajstić information content (AvgIpc) is 2.77. The van der Waals surface area contributed by atoms with Crippen LogP contribution in [0, 0.1) is 0 Å². The summed E-state index contributed by atoms with van der Waals surface area (Å²) in [5.41, 5.74) is 6.61. The molecule has 0 fully saturated rings. The maximum atomic E-state index is 11.1. The van der Waals surface area contributed by atoms with Crippen LogP contribution in [0.15, 0.2) is 29.3 Å². The number of thioether (sulfide) groups is 1. The Morgan fingerprint density at radius 3 is 3.17 bits per heavy atom. The summed E-state index contributed by atoms with van der Waals surface area (Å²) in [5, 5.41) is 4.74. The van der Waals surface area contributed by atoms with Crippen molar-refractivity contribution in [2.24, 2.45) is 10.7 Å². The Kier molecular flexibility index (Phi) is 4.25. The number of hydrogen-bond donors (Lipinski definition) is 2. The van der Waals surface area contributed by atoms with Crippen LogP contribution < -0.4 is 11.1 Å². The van der Waals surface area contributed by atoms with Gasteiger partial charge in [-0.25, -0.2) is 0 Å². The van der Waals surface area contributed by atoms with E-state index in [1.165, 1.54) is 12.8 Å². The second kappa shape index (κ2) is 5.91. The molecule has 18 heavy (non-hydrogen) atoms. The van der Waals surface area contributed by atoms with Gasteiger partial charge in [0, 0.05) is 16.5 Å². The summed E-state index contributed by atoms with van der Waals surface area (Å²) < 4.78 is 0. The highest BCUT2D eigenvalue weighted by Crippen LogP contribution is 2.25. The van der Waals surface area contributed by atoms with Crippen LogP contribution in [0.1, 0.15) is 30.1 Å². The first-order valence-electron chi connectivity index (χ1n) is 6.07. The van der Waals surface area contributed by atoms with Gasteiger partial charge < -0.3 is 11.1 Å². The fourth-order valence-electron chi connectivity index (χ4n) is 1.83. The second-order valence-electron chi connectivity index (χ2n) is 4.24. The van der Waals surface area contributed by atoms with Gasteiger partial charge in [-0.2, -0.15) is 0 Å². The fourth-order valence-corrected chi connectivity index (χ4v) is 2.98. The highest BCUT2D eigenvalue weighted by atomic mass is 32.2. The van der Waals surface area contributed by atoms with Gasteiger partial charge in [0.05, 0.1) is 6.54 Å². The van der Waals surface area contributed by atoms with Crippen molar-refractivity contribution in [3.8, 4) is 0 Å². The van der Waals surface area contributed by atoms with E-state index < -0.39 is 5.91 Å². The molecule has 0 aliphatic carbocycles. The number of anilines is 1. The third-order valence-electron chi connectivity index (χ3n) is 2.73. The molecule has 1 amide bonds. The van der Waals surface area contributed by atoms with Crippen molar-refractivity contribution in [2.75, 3.05) is 11.9 Å². The van der Waals surface area contributed by atoms with Crippen LogP contribution in [0.2, 0.25) is 0 Å². The summed E-state index contributed by atoms with van der Waals surface area (Å²) in [6.07, 6.45) is 2.36. The van der Waals surface area contributed by atoms with Gasteiger partial charge in [-0.05, 0) is 24.6 Å². The van der Waals surface area contributed by atoms with Crippen molar-refractivity contribution in [2.45, 2.75) is 25.0 Å². The molecule has 0 bridgehead atoms. The van der Waals surface area contributed by atoms with Crippen LogP contribution in [0.5, 0.6) is 0 Å². The third-order valence-corrected chi connectivity index (χ3v) is 3.90. The molecule has 1 aliphatic rings. The molecule has 0 aromatic heterocycles. The van der Waals surface area contributed by atoms with Crippen LogP contribution in [-0.2, 0) is 0 Å². The molecule has 0 saturated heterocycles. The van der Waals surface area contributed by atoms with Gasteiger partial charge in [0.2, 0.25) is 5.91 Å². The Bertz CT molecular complexity index is 473. The van der Waals surface area contributed by atoms with Crippen LogP contribution in [-0.4, -0.2) is 22.9 Å². The maximum absolute atomic E-state index is 11.1. The van der Waals surface area contributed by atoms with Gasteiger partial charge in [0.25, 0.3) is 0 Å². The number of benzene rings is 1. The predicted molar refractivity (Wildman–Crippen MR) is 77.2 cm³/mol. The number of primary amides is 1. The summed E-state index contributed by atoms with van der Waals surface area (Å²) in [4.78, 5) is 15.5. The minimum absolute atomic E-state index is 0.413. The molecule has 1 heterocycles. The zero-order valence-corrected chi connectivity index (χ0v) is 11.2. The molecular formula is C13H17N3OS. The lowest BCUT2D eigenvalue weighted by atomic mass is 10.2. The number of rotatable bonds is 4. The maximum Gasteiger partial charge on any atom is 0.248 e. The summed E-state index contributed by atoms with van der Waals surface area (Å²) in [7, 11) is 0. The molecule has 1 aromatic rings. The molecule has 0 saturated carbocycles. The third kappa shape index (κ3) is 3.26. The van der Waals surface area contributed by atoms with Crippen LogP contribution >= 0.6 is 11.8 Å². The number of amides is 1. The van der Waals surface area contributed by atoms with E-state index in [1.807, 2.05) is 12.1 Å². The van der Waals surface area contributed by atoms with Gasteiger partial charge in [0.15, 0.2) is 5.17 Å². The number of nitrogens with one attached hydrogen (secondary N) is 1. The molecule has 0 spiro atoms. The first-order chi connectivity index (χ1) is 8.69.